The highest BCUT2D eigenvalue weighted by molar-refractivity contribution is 5.73. The van der Waals surface area contributed by atoms with Crippen LogP contribution in [0, 0.1) is 0 Å². The Labute approximate surface area is 85.6 Å². The van der Waals surface area contributed by atoms with E-state index in [2.05, 4.69) is 9.47 Å². The van der Waals surface area contributed by atoms with Gasteiger partial charge < -0.3 is 19.7 Å². The van der Waals surface area contributed by atoms with Gasteiger partial charge in [0.05, 0.1) is 6.61 Å². The van der Waals surface area contributed by atoms with Gasteiger partial charge in [0.2, 0.25) is 0 Å². The number of hydrogen-bond donors (Lipinski definition) is 2. The van der Waals surface area contributed by atoms with Crippen molar-refractivity contribution in [2.24, 2.45) is 0 Å². The molecule has 0 heterocycles. The molecule has 0 saturated heterocycles. The zero-order chi connectivity index (χ0) is 12.1. The summed E-state index contributed by atoms with van der Waals surface area (Å²) in [5.41, 5.74) is 0. The summed E-state index contributed by atoms with van der Waals surface area (Å²) in [6.45, 7) is 1.11. The van der Waals surface area contributed by atoms with Crippen molar-refractivity contribution in [2.45, 2.75) is 25.7 Å². The fourth-order valence-corrected chi connectivity index (χ4v) is 0.849. The SMILES string of the molecule is CC(=O)OC(CO)C(O)(C=O)OC(C)=O. The molecular weight excluding hydrogens is 208 g/mol. The normalized spacial score (nSPS) is 16.0. The molecule has 0 rings (SSSR count). The molecule has 0 aromatic carbocycles. The van der Waals surface area contributed by atoms with Gasteiger partial charge in [-0.15, -0.1) is 0 Å². The van der Waals surface area contributed by atoms with E-state index in [0.29, 0.717) is 0 Å². The molecule has 0 aromatic heterocycles. The smallest absolute Gasteiger partial charge is 0.307 e. The van der Waals surface area contributed by atoms with Crippen LogP contribution in [0.2, 0.25) is 0 Å². The van der Waals surface area contributed by atoms with Crippen molar-refractivity contribution in [3.8, 4) is 0 Å². The second kappa shape index (κ2) is 5.42. The molecule has 0 aliphatic heterocycles. The standard InChI is InChI=1S/C8H12O7/c1-5(11)14-7(3-9)8(13,4-10)15-6(2)12/h4,7,9,13H,3H2,1-2H3. The summed E-state index contributed by atoms with van der Waals surface area (Å²) in [6, 6.07) is 0. The van der Waals surface area contributed by atoms with Crippen molar-refractivity contribution >= 4 is 18.2 Å². The van der Waals surface area contributed by atoms with Crippen LogP contribution < -0.4 is 0 Å². The molecule has 2 N–H and O–H groups in total. The number of carbonyl (C=O) groups excluding carboxylic acids is 3. The van der Waals surface area contributed by atoms with Crippen LogP contribution in [0.25, 0.3) is 0 Å². The van der Waals surface area contributed by atoms with Gasteiger partial charge in [-0.3, -0.25) is 14.4 Å². The quantitative estimate of drug-likeness (QED) is 0.325. The number of esters is 2. The molecule has 2 unspecified atom stereocenters. The maximum Gasteiger partial charge on any atom is 0.307 e. The summed E-state index contributed by atoms with van der Waals surface area (Å²) in [5, 5.41) is 18.2. The van der Waals surface area contributed by atoms with Gasteiger partial charge in [0.1, 0.15) is 0 Å². The predicted octanol–water partition coefficient (Wildman–Crippen LogP) is -1.64. The Balaban J connectivity index is 4.78. The van der Waals surface area contributed by atoms with Crippen LogP contribution in [0.4, 0.5) is 0 Å². The lowest BCUT2D eigenvalue weighted by Gasteiger charge is -2.28. The average molecular weight is 220 g/mol. The van der Waals surface area contributed by atoms with Crippen LogP contribution in [0.5, 0.6) is 0 Å². The van der Waals surface area contributed by atoms with E-state index in [4.69, 9.17) is 5.11 Å². The molecular formula is C8H12O7. The van der Waals surface area contributed by atoms with Crippen molar-refractivity contribution in [1.82, 2.24) is 0 Å². The highest BCUT2D eigenvalue weighted by Crippen LogP contribution is 2.14. The predicted molar refractivity (Wildman–Crippen MR) is 45.4 cm³/mol. The lowest BCUT2D eigenvalue weighted by atomic mass is 10.1. The third kappa shape index (κ3) is 4.05. The number of aliphatic hydroxyl groups excluding tert-OH is 1. The van der Waals surface area contributed by atoms with E-state index in [1.165, 1.54) is 0 Å². The summed E-state index contributed by atoms with van der Waals surface area (Å²) in [6.07, 6.45) is -1.77. The summed E-state index contributed by atoms with van der Waals surface area (Å²) in [7, 11) is 0. The molecule has 0 aliphatic carbocycles. The van der Waals surface area contributed by atoms with Gasteiger partial charge in [0.25, 0.3) is 0 Å². The van der Waals surface area contributed by atoms with Gasteiger partial charge in [0, 0.05) is 13.8 Å². The molecule has 0 radical (unpaired) electrons. The van der Waals surface area contributed by atoms with E-state index < -0.39 is 30.4 Å². The van der Waals surface area contributed by atoms with Crippen molar-refractivity contribution in [2.75, 3.05) is 6.61 Å². The topological polar surface area (TPSA) is 110 Å². The number of carbonyl (C=O) groups is 3. The zero-order valence-electron chi connectivity index (χ0n) is 8.30. The highest BCUT2D eigenvalue weighted by Gasteiger charge is 2.42. The first-order valence-corrected chi connectivity index (χ1v) is 4.02. The second-order valence-corrected chi connectivity index (χ2v) is 2.74. The maximum absolute atomic E-state index is 10.6. The Kier molecular flexibility index (Phi) is 4.89. The van der Waals surface area contributed by atoms with Gasteiger partial charge in [-0.25, -0.2) is 0 Å². The monoisotopic (exact) mass is 220 g/mol. The molecule has 0 aliphatic rings. The molecule has 7 heteroatoms. The molecule has 86 valence electrons. The van der Waals surface area contributed by atoms with Crippen molar-refractivity contribution in [3.63, 3.8) is 0 Å². The van der Waals surface area contributed by atoms with Crippen LogP contribution in [-0.2, 0) is 23.9 Å². The van der Waals surface area contributed by atoms with Gasteiger partial charge >= 0.3 is 17.7 Å². The van der Waals surface area contributed by atoms with E-state index in [1.54, 1.807) is 0 Å². The summed E-state index contributed by atoms with van der Waals surface area (Å²) in [4.78, 5) is 31.6. The third-order valence-corrected chi connectivity index (χ3v) is 1.41. The maximum atomic E-state index is 10.6. The van der Waals surface area contributed by atoms with Gasteiger partial charge in [0.15, 0.2) is 12.4 Å². The van der Waals surface area contributed by atoms with Crippen molar-refractivity contribution < 1.29 is 34.1 Å². The Morgan fingerprint density at radius 1 is 1.40 bits per heavy atom. The third-order valence-electron chi connectivity index (χ3n) is 1.41. The van der Waals surface area contributed by atoms with Crippen LogP contribution in [0.3, 0.4) is 0 Å². The fourth-order valence-electron chi connectivity index (χ4n) is 0.849. The van der Waals surface area contributed by atoms with E-state index in [-0.39, 0.29) is 6.29 Å². The number of aldehydes is 1. The minimum absolute atomic E-state index is 0.127. The average Bonchev–Trinajstić information content (AvgIpc) is 2.12. The minimum Gasteiger partial charge on any atom is -0.452 e. The summed E-state index contributed by atoms with van der Waals surface area (Å²) >= 11 is 0. The molecule has 7 nitrogen and oxygen atoms in total. The fraction of sp³-hybridized carbons (Fsp3) is 0.625. The second-order valence-electron chi connectivity index (χ2n) is 2.74. The van der Waals surface area contributed by atoms with Crippen LogP contribution >= 0.6 is 0 Å². The van der Waals surface area contributed by atoms with Gasteiger partial charge in [-0.05, 0) is 0 Å². The largest absolute Gasteiger partial charge is 0.452 e. The Bertz CT molecular complexity index is 262. The molecule has 0 fully saturated rings. The number of hydrogen-bond acceptors (Lipinski definition) is 7. The van der Waals surface area contributed by atoms with E-state index >= 15 is 0 Å². The minimum atomic E-state index is -2.66. The van der Waals surface area contributed by atoms with Gasteiger partial charge in [-0.1, -0.05) is 0 Å². The van der Waals surface area contributed by atoms with Crippen LogP contribution in [0.1, 0.15) is 13.8 Å². The molecule has 0 saturated carbocycles. The number of rotatable bonds is 5. The van der Waals surface area contributed by atoms with Gasteiger partial charge in [-0.2, -0.15) is 0 Å². The van der Waals surface area contributed by atoms with E-state index in [9.17, 15) is 19.5 Å². The first kappa shape index (κ1) is 13.5. The molecule has 0 aromatic rings. The Morgan fingerprint density at radius 3 is 2.20 bits per heavy atom. The highest BCUT2D eigenvalue weighted by atomic mass is 16.7. The number of ether oxygens (including phenoxy) is 2. The lowest BCUT2D eigenvalue weighted by Crippen LogP contribution is -2.51. The Hall–Kier alpha value is -1.47. The zero-order valence-corrected chi connectivity index (χ0v) is 8.30. The van der Waals surface area contributed by atoms with E-state index in [0.717, 1.165) is 13.8 Å². The van der Waals surface area contributed by atoms with Crippen LogP contribution in [-0.4, -0.2) is 46.9 Å². The lowest BCUT2D eigenvalue weighted by molar-refractivity contribution is -0.241. The molecule has 0 bridgehead atoms. The molecule has 0 amide bonds. The summed E-state index contributed by atoms with van der Waals surface area (Å²) < 4.78 is 8.66. The molecule has 0 spiro atoms. The molecule has 15 heavy (non-hydrogen) atoms. The number of aliphatic hydroxyl groups is 2. The summed E-state index contributed by atoms with van der Waals surface area (Å²) in [5.74, 6) is -4.44. The Morgan fingerprint density at radius 2 is 1.93 bits per heavy atom. The molecule has 2 atom stereocenters. The van der Waals surface area contributed by atoms with Crippen molar-refractivity contribution in [1.29, 1.82) is 0 Å². The first-order chi connectivity index (χ1) is 6.85. The van der Waals surface area contributed by atoms with Crippen LogP contribution in [0.15, 0.2) is 0 Å². The first-order valence-electron chi connectivity index (χ1n) is 4.02. The van der Waals surface area contributed by atoms with E-state index in [1.807, 2.05) is 0 Å². The van der Waals surface area contributed by atoms with Crippen molar-refractivity contribution in [3.05, 3.63) is 0 Å².